The van der Waals surface area contributed by atoms with Crippen LogP contribution in [0.1, 0.15) is 37.8 Å². The number of aryl methyl sites for hydroxylation is 1. The molecule has 1 aromatic carbocycles. The van der Waals surface area contributed by atoms with Gasteiger partial charge < -0.3 is 14.4 Å². The standard InChI is InChI=1S/C19H28N2O3/c1-15-5-4-6-16(13-15)18(2,3)20-14-17(22)21-9-7-19(8-10-21)23-11-12-24-19/h4-6,13,20H,7-12,14H2,1-3H3. The molecule has 0 aliphatic carbocycles. The maximum atomic E-state index is 12.5. The highest BCUT2D eigenvalue weighted by Gasteiger charge is 2.40. The van der Waals surface area contributed by atoms with Gasteiger partial charge in [-0.3, -0.25) is 10.1 Å². The van der Waals surface area contributed by atoms with Gasteiger partial charge in [-0.1, -0.05) is 29.8 Å². The fourth-order valence-electron chi connectivity index (χ4n) is 3.43. The van der Waals surface area contributed by atoms with Gasteiger partial charge in [-0.15, -0.1) is 0 Å². The quantitative estimate of drug-likeness (QED) is 0.918. The van der Waals surface area contributed by atoms with Gasteiger partial charge in [0.15, 0.2) is 5.79 Å². The molecular weight excluding hydrogens is 304 g/mol. The van der Waals surface area contributed by atoms with Gasteiger partial charge in [-0.2, -0.15) is 0 Å². The number of carbonyl (C=O) groups excluding carboxylic acids is 1. The highest BCUT2D eigenvalue weighted by Crippen LogP contribution is 2.31. The number of nitrogens with zero attached hydrogens (tertiary/aromatic N) is 1. The largest absolute Gasteiger partial charge is 0.347 e. The summed E-state index contributed by atoms with van der Waals surface area (Å²) in [6, 6.07) is 8.41. The summed E-state index contributed by atoms with van der Waals surface area (Å²) in [6.45, 7) is 9.38. The number of benzene rings is 1. The summed E-state index contributed by atoms with van der Waals surface area (Å²) in [6.07, 6.45) is 1.53. The number of hydrogen-bond acceptors (Lipinski definition) is 4. The number of likely N-dealkylation sites (tertiary alicyclic amines) is 1. The SMILES string of the molecule is Cc1cccc(C(C)(C)NCC(=O)N2CCC3(CC2)OCCO3)c1. The Morgan fingerprint density at radius 1 is 1.25 bits per heavy atom. The van der Waals surface area contributed by atoms with E-state index in [4.69, 9.17) is 9.47 Å². The van der Waals surface area contributed by atoms with Gasteiger partial charge in [-0.25, -0.2) is 0 Å². The molecule has 24 heavy (non-hydrogen) atoms. The summed E-state index contributed by atoms with van der Waals surface area (Å²) < 4.78 is 11.4. The van der Waals surface area contributed by atoms with Crippen molar-refractivity contribution in [2.45, 2.75) is 44.9 Å². The van der Waals surface area contributed by atoms with Gasteiger partial charge in [0, 0.05) is 31.5 Å². The van der Waals surface area contributed by atoms with Gasteiger partial charge in [0.25, 0.3) is 0 Å². The molecule has 0 unspecified atom stereocenters. The molecule has 2 aliphatic heterocycles. The number of ether oxygens (including phenoxy) is 2. The first-order valence-corrected chi connectivity index (χ1v) is 8.78. The normalized spacial score (nSPS) is 20.5. The lowest BCUT2D eigenvalue weighted by Crippen LogP contribution is -2.51. The topological polar surface area (TPSA) is 50.8 Å². The zero-order valence-electron chi connectivity index (χ0n) is 14.9. The van der Waals surface area contributed by atoms with Gasteiger partial charge in [0.05, 0.1) is 19.8 Å². The monoisotopic (exact) mass is 332 g/mol. The van der Waals surface area contributed by atoms with E-state index in [2.05, 4.69) is 50.4 Å². The highest BCUT2D eigenvalue weighted by molar-refractivity contribution is 5.78. The van der Waals surface area contributed by atoms with E-state index in [-0.39, 0.29) is 11.4 Å². The van der Waals surface area contributed by atoms with E-state index < -0.39 is 5.79 Å². The number of carbonyl (C=O) groups is 1. The molecule has 2 saturated heterocycles. The number of piperidine rings is 1. The van der Waals surface area contributed by atoms with Crippen LogP contribution in [0.25, 0.3) is 0 Å². The summed E-state index contributed by atoms with van der Waals surface area (Å²) >= 11 is 0. The Kier molecular flexibility index (Phi) is 4.95. The van der Waals surface area contributed by atoms with Gasteiger partial charge in [0.2, 0.25) is 5.91 Å². The Morgan fingerprint density at radius 2 is 1.92 bits per heavy atom. The lowest BCUT2D eigenvalue weighted by atomic mass is 9.93. The van der Waals surface area contributed by atoms with Crippen molar-refractivity contribution in [3.05, 3.63) is 35.4 Å². The molecular formula is C19H28N2O3. The van der Waals surface area contributed by atoms with Crippen molar-refractivity contribution in [2.24, 2.45) is 0 Å². The maximum absolute atomic E-state index is 12.5. The lowest BCUT2D eigenvalue weighted by molar-refractivity contribution is -0.187. The van der Waals surface area contributed by atoms with Crippen LogP contribution in [-0.4, -0.2) is 49.4 Å². The van der Waals surface area contributed by atoms with Gasteiger partial charge in [-0.05, 0) is 26.3 Å². The second-order valence-corrected chi connectivity index (χ2v) is 7.34. The number of rotatable bonds is 4. The molecule has 1 N–H and O–H groups in total. The zero-order valence-corrected chi connectivity index (χ0v) is 14.9. The Balaban J connectivity index is 1.52. The predicted octanol–water partition coefficient (Wildman–Crippen LogP) is 2.19. The van der Waals surface area contributed by atoms with E-state index in [9.17, 15) is 4.79 Å². The van der Waals surface area contributed by atoms with Crippen LogP contribution in [0.15, 0.2) is 24.3 Å². The van der Waals surface area contributed by atoms with Crippen LogP contribution < -0.4 is 5.32 Å². The molecule has 0 bridgehead atoms. The van der Waals surface area contributed by atoms with E-state index in [1.807, 2.05) is 4.90 Å². The van der Waals surface area contributed by atoms with Crippen molar-refractivity contribution in [3.8, 4) is 0 Å². The first-order chi connectivity index (χ1) is 11.4. The zero-order chi connectivity index (χ0) is 17.2. The Hall–Kier alpha value is -1.43. The van der Waals surface area contributed by atoms with Crippen molar-refractivity contribution in [1.29, 1.82) is 0 Å². The number of nitrogens with one attached hydrogen (secondary N) is 1. The minimum atomic E-state index is -0.426. The molecule has 5 heteroatoms. The van der Waals surface area contributed by atoms with Crippen LogP contribution in [0, 0.1) is 6.92 Å². The Labute approximate surface area is 144 Å². The van der Waals surface area contributed by atoms with Gasteiger partial charge in [0.1, 0.15) is 0 Å². The van der Waals surface area contributed by atoms with Crippen LogP contribution in [0.2, 0.25) is 0 Å². The third-order valence-corrected chi connectivity index (χ3v) is 5.11. The van der Waals surface area contributed by atoms with Crippen molar-refractivity contribution < 1.29 is 14.3 Å². The summed E-state index contributed by atoms with van der Waals surface area (Å²) in [7, 11) is 0. The average Bonchev–Trinajstić information content (AvgIpc) is 3.01. The third kappa shape index (κ3) is 3.79. The molecule has 2 heterocycles. The summed E-state index contributed by atoms with van der Waals surface area (Å²) in [5.41, 5.74) is 2.18. The lowest BCUT2D eigenvalue weighted by Gasteiger charge is -2.38. The van der Waals surface area contributed by atoms with Crippen LogP contribution >= 0.6 is 0 Å². The molecule has 132 valence electrons. The molecule has 1 spiro atoms. The van der Waals surface area contributed by atoms with Crippen molar-refractivity contribution >= 4 is 5.91 Å². The van der Waals surface area contributed by atoms with E-state index in [0.717, 1.165) is 12.8 Å². The second-order valence-electron chi connectivity index (χ2n) is 7.34. The van der Waals surface area contributed by atoms with E-state index in [1.54, 1.807) is 0 Å². The smallest absolute Gasteiger partial charge is 0.236 e. The summed E-state index contributed by atoms with van der Waals surface area (Å²) in [5.74, 6) is -0.283. The molecule has 0 saturated carbocycles. The molecule has 1 aromatic rings. The summed E-state index contributed by atoms with van der Waals surface area (Å²) in [5, 5.41) is 3.41. The molecule has 1 amide bonds. The molecule has 0 radical (unpaired) electrons. The third-order valence-electron chi connectivity index (χ3n) is 5.11. The van der Waals surface area contributed by atoms with Crippen LogP contribution in [0.4, 0.5) is 0 Å². The van der Waals surface area contributed by atoms with E-state index in [0.29, 0.717) is 32.8 Å². The molecule has 5 nitrogen and oxygen atoms in total. The first kappa shape index (κ1) is 17.4. The molecule has 0 aromatic heterocycles. The molecule has 0 atom stereocenters. The number of amides is 1. The molecule has 3 rings (SSSR count). The number of hydrogen-bond donors (Lipinski definition) is 1. The van der Waals surface area contributed by atoms with Crippen LogP contribution in [0.5, 0.6) is 0 Å². The van der Waals surface area contributed by atoms with Crippen LogP contribution in [0.3, 0.4) is 0 Å². The minimum Gasteiger partial charge on any atom is -0.347 e. The summed E-state index contributed by atoms with van der Waals surface area (Å²) in [4.78, 5) is 14.4. The minimum absolute atomic E-state index is 0.142. The second kappa shape index (κ2) is 6.82. The fourth-order valence-corrected chi connectivity index (χ4v) is 3.43. The van der Waals surface area contributed by atoms with Crippen LogP contribution in [-0.2, 0) is 19.8 Å². The predicted molar refractivity (Wildman–Crippen MR) is 92.7 cm³/mol. The van der Waals surface area contributed by atoms with Crippen molar-refractivity contribution in [2.75, 3.05) is 32.8 Å². The maximum Gasteiger partial charge on any atom is 0.236 e. The average molecular weight is 332 g/mol. The molecule has 2 aliphatic rings. The Bertz CT molecular complexity index is 584. The molecule has 2 fully saturated rings. The Morgan fingerprint density at radius 3 is 2.54 bits per heavy atom. The first-order valence-electron chi connectivity index (χ1n) is 8.78. The van der Waals surface area contributed by atoms with Crippen molar-refractivity contribution in [3.63, 3.8) is 0 Å². The van der Waals surface area contributed by atoms with Crippen molar-refractivity contribution in [1.82, 2.24) is 10.2 Å². The van der Waals surface area contributed by atoms with E-state index >= 15 is 0 Å². The highest BCUT2D eigenvalue weighted by atomic mass is 16.7. The van der Waals surface area contributed by atoms with E-state index in [1.165, 1.54) is 11.1 Å². The fraction of sp³-hybridized carbons (Fsp3) is 0.632. The van der Waals surface area contributed by atoms with Gasteiger partial charge >= 0.3 is 0 Å².